The Balaban J connectivity index is 1.55. The lowest BCUT2D eigenvalue weighted by Gasteiger charge is -2.34. The Kier molecular flexibility index (Phi) is 6.18. The van der Waals surface area contributed by atoms with Crippen molar-refractivity contribution >= 4 is 11.7 Å². The number of carbonyl (C=O) groups is 1. The fraction of sp³-hybridized carbons (Fsp3) is 0.286. The SMILES string of the molecule is Cc1ccnc(N/C=C(/C#N)C(=O)N2CCN(Cc3ccccc3)CC2)c1. The first-order valence-corrected chi connectivity index (χ1v) is 9.01. The maximum Gasteiger partial charge on any atom is 0.266 e. The second-order valence-electron chi connectivity index (χ2n) is 6.59. The van der Waals surface area contributed by atoms with Crippen molar-refractivity contribution < 1.29 is 4.79 Å². The van der Waals surface area contributed by atoms with Crippen molar-refractivity contribution in [2.45, 2.75) is 13.5 Å². The monoisotopic (exact) mass is 361 g/mol. The number of carbonyl (C=O) groups excluding carboxylic acids is 1. The number of benzene rings is 1. The molecule has 1 aliphatic rings. The number of hydrogen-bond acceptors (Lipinski definition) is 5. The molecule has 0 atom stereocenters. The van der Waals surface area contributed by atoms with E-state index < -0.39 is 0 Å². The van der Waals surface area contributed by atoms with Crippen LogP contribution in [0.1, 0.15) is 11.1 Å². The number of nitriles is 1. The summed E-state index contributed by atoms with van der Waals surface area (Å²) in [5, 5.41) is 12.3. The van der Waals surface area contributed by atoms with Crippen LogP contribution in [-0.4, -0.2) is 46.9 Å². The zero-order valence-corrected chi connectivity index (χ0v) is 15.4. The Morgan fingerprint density at radius 1 is 1.22 bits per heavy atom. The van der Waals surface area contributed by atoms with Gasteiger partial charge in [-0.05, 0) is 30.2 Å². The number of rotatable bonds is 5. The van der Waals surface area contributed by atoms with Crippen LogP contribution < -0.4 is 5.32 Å². The van der Waals surface area contributed by atoms with Crippen LogP contribution in [0.4, 0.5) is 5.82 Å². The molecule has 0 radical (unpaired) electrons. The van der Waals surface area contributed by atoms with Crippen molar-refractivity contribution in [1.29, 1.82) is 5.26 Å². The van der Waals surface area contributed by atoms with Gasteiger partial charge in [-0.15, -0.1) is 0 Å². The van der Waals surface area contributed by atoms with Crippen LogP contribution in [0.5, 0.6) is 0 Å². The van der Waals surface area contributed by atoms with E-state index in [1.807, 2.05) is 43.3 Å². The molecule has 3 rings (SSSR count). The van der Waals surface area contributed by atoms with Gasteiger partial charge in [-0.2, -0.15) is 5.26 Å². The van der Waals surface area contributed by atoms with Gasteiger partial charge in [-0.3, -0.25) is 9.69 Å². The summed E-state index contributed by atoms with van der Waals surface area (Å²) in [6.07, 6.45) is 3.13. The average Bonchev–Trinajstić information content (AvgIpc) is 2.70. The summed E-state index contributed by atoms with van der Waals surface area (Å²) < 4.78 is 0. The topological polar surface area (TPSA) is 72.3 Å². The van der Waals surface area contributed by atoms with Gasteiger partial charge in [0.05, 0.1) is 0 Å². The van der Waals surface area contributed by atoms with Crippen molar-refractivity contribution in [2.75, 3.05) is 31.5 Å². The zero-order chi connectivity index (χ0) is 19.1. The van der Waals surface area contributed by atoms with Crippen LogP contribution in [0.25, 0.3) is 0 Å². The van der Waals surface area contributed by atoms with E-state index >= 15 is 0 Å². The molecule has 0 bridgehead atoms. The third kappa shape index (κ3) is 5.16. The molecule has 2 aromatic rings. The zero-order valence-electron chi connectivity index (χ0n) is 15.4. The number of anilines is 1. The minimum atomic E-state index is -0.239. The first kappa shape index (κ1) is 18.6. The predicted molar refractivity (Wildman–Crippen MR) is 105 cm³/mol. The van der Waals surface area contributed by atoms with Crippen molar-refractivity contribution in [1.82, 2.24) is 14.8 Å². The molecular formula is C21H23N5O. The van der Waals surface area contributed by atoms with Gasteiger partial charge >= 0.3 is 0 Å². The molecular weight excluding hydrogens is 338 g/mol. The Labute approximate surface area is 159 Å². The Hall–Kier alpha value is -3.17. The Morgan fingerprint density at radius 2 is 1.96 bits per heavy atom. The van der Waals surface area contributed by atoms with Crippen LogP contribution in [-0.2, 0) is 11.3 Å². The maximum atomic E-state index is 12.6. The Morgan fingerprint density at radius 3 is 2.63 bits per heavy atom. The molecule has 1 fully saturated rings. The van der Waals surface area contributed by atoms with Gasteiger partial charge in [0.2, 0.25) is 0 Å². The number of nitrogens with one attached hydrogen (secondary N) is 1. The lowest BCUT2D eigenvalue weighted by molar-refractivity contribution is -0.128. The number of amides is 1. The highest BCUT2D eigenvalue weighted by Crippen LogP contribution is 2.12. The van der Waals surface area contributed by atoms with Crippen LogP contribution in [0.15, 0.2) is 60.4 Å². The molecule has 0 spiro atoms. The van der Waals surface area contributed by atoms with Gasteiger partial charge in [0.1, 0.15) is 17.5 Å². The normalized spacial score (nSPS) is 15.3. The number of aromatic nitrogens is 1. The summed E-state index contributed by atoms with van der Waals surface area (Å²) in [6.45, 7) is 5.67. The summed E-state index contributed by atoms with van der Waals surface area (Å²) >= 11 is 0. The van der Waals surface area contributed by atoms with Gasteiger partial charge < -0.3 is 10.2 Å². The van der Waals surface area contributed by atoms with Gasteiger partial charge in [-0.1, -0.05) is 30.3 Å². The van der Waals surface area contributed by atoms with Crippen molar-refractivity contribution in [3.05, 3.63) is 71.6 Å². The molecule has 0 saturated carbocycles. The maximum absolute atomic E-state index is 12.6. The molecule has 1 aromatic carbocycles. The van der Waals surface area contributed by atoms with E-state index in [9.17, 15) is 10.1 Å². The van der Waals surface area contributed by atoms with Gasteiger partial charge in [0.15, 0.2) is 0 Å². The average molecular weight is 361 g/mol. The number of aryl methyl sites for hydroxylation is 1. The highest BCUT2D eigenvalue weighted by Gasteiger charge is 2.23. The quantitative estimate of drug-likeness (QED) is 0.655. The molecule has 6 heteroatoms. The summed E-state index contributed by atoms with van der Waals surface area (Å²) in [4.78, 5) is 20.9. The number of hydrogen-bond donors (Lipinski definition) is 1. The fourth-order valence-corrected chi connectivity index (χ4v) is 3.02. The molecule has 0 unspecified atom stereocenters. The summed E-state index contributed by atoms with van der Waals surface area (Å²) in [5.74, 6) is 0.375. The molecule has 6 nitrogen and oxygen atoms in total. The highest BCUT2D eigenvalue weighted by atomic mass is 16.2. The number of piperazine rings is 1. The second kappa shape index (κ2) is 8.97. The van der Waals surface area contributed by atoms with E-state index in [2.05, 4.69) is 27.3 Å². The second-order valence-corrected chi connectivity index (χ2v) is 6.59. The van der Waals surface area contributed by atoms with E-state index in [1.165, 1.54) is 11.8 Å². The first-order chi connectivity index (χ1) is 13.2. The molecule has 27 heavy (non-hydrogen) atoms. The van der Waals surface area contributed by atoms with Crippen LogP contribution in [0, 0.1) is 18.3 Å². The molecule has 2 heterocycles. The van der Waals surface area contributed by atoms with E-state index in [1.54, 1.807) is 11.1 Å². The minimum absolute atomic E-state index is 0.0924. The summed E-state index contributed by atoms with van der Waals surface area (Å²) in [5.41, 5.74) is 2.42. The number of pyridine rings is 1. The van der Waals surface area contributed by atoms with Gasteiger partial charge in [0.25, 0.3) is 5.91 Å². The fourth-order valence-electron chi connectivity index (χ4n) is 3.02. The molecule has 1 saturated heterocycles. The molecule has 1 N–H and O–H groups in total. The smallest absolute Gasteiger partial charge is 0.266 e. The summed E-state index contributed by atoms with van der Waals surface area (Å²) in [6, 6.07) is 16.1. The lowest BCUT2D eigenvalue weighted by atomic mass is 10.2. The molecule has 1 aromatic heterocycles. The molecule has 138 valence electrons. The van der Waals surface area contributed by atoms with Crippen LogP contribution >= 0.6 is 0 Å². The largest absolute Gasteiger partial charge is 0.345 e. The lowest BCUT2D eigenvalue weighted by Crippen LogP contribution is -2.48. The summed E-state index contributed by atoms with van der Waals surface area (Å²) in [7, 11) is 0. The van der Waals surface area contributed by atoms with Crippen molar-refractivity contribution in [3.63, 3.8) is 0 Å². The van der Waals surface area contributed by atoms with Crippen LogP contribution in [0.3, 0.4) is 0 Å². The molecule has 0 aliphatic carbocycles. The predicted octanol–water partition coefficient (Wildman–Crippen LogP) is 2.55. The molecule has 1 aliphatic heterocycles. The standard InChI is InChI=1S/C21H23N5O/c1-17-7-8-23-20(13-17)24-15-19(14-22)21(27)26-11-9-25(10-12-26)16-18-5-3-2-4-6-18/h2-8,13,15H,9-12,16H2,1H3,(H,23,24)/b19-15-. The van der Waals surface area contributed by atoms with E-state index in [-0.39, 0.29) is 11.5 Å². The highest BCUT2D eigenvalue weighted by molar-refractivity contribution is 5.97. The Bertz CT molecular complexity index is 848. The molecule has 1 amide bonds. The van der Waals surface area contributed by atoms with Crippen molar-refractivity contribution in [2.24, 2.45) is 0 Å². The van der Waals surface area contributed by atoms with Gasteiger partial charge in [-0.25, -0.2) is 4.98 Å². The van der Waals surface area contributed by atoms with Gasteiger partial charge in [0, 0.05) is 45.1 Å². The van der Waals surface area contributed by atoms with Crippen molar-refractivity contribution in [3.8, 4) is 6.07 Å². The van der Waals surface area contributed by atoms with E-state index in [0.29, 0.717) is 18.9 Å². The van der Waals surface area contributed by atoms with Crippen LogP contribution in [0.2, 0.25) is 0 Å². The number of nitrogens with zero attached hydrogens (tertiary/aromatic N) is 4. The first-order valence-electron chi connectivity index (χ1n) is 9.01. The minimum Gasteiger partial charge on any atom is -0.345 e. The third-order valence-corrected chi connectivity index (χ3v) is 4.54. The third-order valence-electron chi connectivity index (χ3n) is 4.54. The van der Waals surface area contributed by atoms with E-state index in [4.69, 9.17) is 0 Å². The van der Waals surface area contributed by atoms with E-state index in [0.717, 1.165) is 25.2 Å².